The first kappa shape index (κ1) is 29.3. The molecule has 1 aliphatic carbocycles. The normalized spacial score (nSPS) is 15.3. The van der Waals surface area contributed by atoms with E-state index in [9.17, 15) is 23.1 Å². The largest absolute Gasteiger partial charge is 0.475 e. The lowest BCUT2D eigenvalue weighted by Gasteiger charge is -2.32. The van der Waals surface area contributed by atoms with Gasteiger partial charge in [-0.15, -0.1) is 0 Å². The molecule has 3 heterocycles. The number of carbonyl (C=O) groups is 1. The molecular formula is C30H34F3N7O2. The SMILES string of the molecule is CCCN(c1nc2nc(C(=O)O)nc(NC(C)C3CCC3)c2n1Cc1ccc(C(F)(F)F)cc1)C(C)c1ccccn1. The number of halogens is 3. The molecule has 1 aromatic carbocycles. The van der Waals surface area contributed by atoms with Crippen LogP contribution in [0.1, 0.15) is 79.9 Å². The average molecular weight is 582 g/mol. The van der Waals surface area contributed by atoms with Crippen molar-refractivity contribution in [3.8, 4) is 0 Å². The molecule has 0 spiro atoms. The molecule has 0 radical (unpaired) electrons. The molecule has 222 valence electrons. The van der Waals surface area contributed by atoms with E-state index in [4.69, 9.17) is 4.98 Å². The van der Waals surface area contributed by atoms with Crippen molar-refractivity contribution in [1.82, 2.24) is 24.5 Å². The Morgan fingerprint density at radius 3 is 2.43 bits per heavy atom. The summed E-state index contributed by atoms with van der Waals surface area (Å²) in [5.41, 5.74) is 1.39. The van der Waals surface area contributed by atoms with Crippen LogP contribution in [0, 0.1) is 5.92 Å². The van der Waals surface area contributed by atoms with Gasteiger partial charge in [0.15, 0.2) is 11.5 Å². The molecule has 2 N–H and O–H groups in total. The molecule has 1 fully saturated rings. The number of hydrogen-bond donors (Lipinski definition) is 2. The second-order valence-electron chi connectivity index (χ2n) is 10.8. The van der Waals surface area contributed by atoms with E-state index in [1.807, 2.05) is 43.5 Å². The van der Waals surface area contributed by atoms with Gasteiger partial charge in [-0.05, 0) is 68.9 Å². The smallest absolute Gasteiger partial charge is 0.416 e. The maximum atomic E-state index is 13.3. The van der Waals surface area contributed by atoms with Gasteiger partial charge in [0.25, 0.3) is 0 Å². The Bertz CT molecular complexity index is 1540. The highest BCUT2D eigenvalue weighted by Gasteiger charge is 2.31. The zero-order chi connectivity index (χ0) is 30.0. The number of carboxylic acids is 1. The Morgan fingerprint density at radius 2 is 1.86 bits per heavy atom. The van der Waals surface area contributed by atoms with Crippen LogP contribution in [0.2, 0.25) is 0 Å². The quantitative estimate of drug-likeness (QED) is 0.205. The Kier molecular flexibility index (Phi) is 8.33. The van der Waals surface area contributed by atoms with E-state index < -0.39 is 17.7 Å². The molecule has 1 saturated carbocycles. The lowest BCUT2D eigenvalue weighted by atomic mass is 9.80. The van der Waals surface area contributed by atoms with E-state index in [0.717, 1.165) is 43.5 Å². The van der Waals surface area contributed by atoms with Gasteiger partial charge in [0.2, 0.25) is 11.8 Å². The van der Waals surface area contributed by atoms with Crippen LogP contribution in [0.5, 0.6) is 0 Å². The van der Waals surface area contributed by atoms with Crippen LogP contribution in [0.25, 0.3) is 11.2 Å². The summed E-state index contributed by atoms with van der Waals surface area (Å²) in [5, 5.41) is 13.2. The van der Waals surface area contributed by atoms with Gasteiger partial charge >= 0.3 is 12.1 Å². The molecule has 42 heavy (non-hydrogen) atoms. The molecule has 0 amide bonds. The Morgan fingerprint density at radius 1 is 1.12 bits per heavy atom. The summed E-state index contributed by atoms with van der Waals surface area (Å²) >= 11 is 0. The molecule has 5 rings (SSSR count). The summed E-state index contributed by atoms with van der Waals surface area (Å²) in [4.78, 5) is 32.1. The first-order chi connectivity index (χ1) is 20.1. The minimum absolute atomic E-state index is 0.0237. The fourth-order valence-electron chi connectivity index (χ4n) is 5.34. The number of aromatic nitrogens is 5. The van der Waals surface area contributed by atoms with Gasteiger partial charge in [-0.2, -0.15) is 18.2 Å². The van der Waals surface area contributed by atoms with E-state index >= 15 is 0 Å². The number of anilines is 2. The molecule has 9 nitrogen and oxygen atoms in total. The summed E-state index contributed by atoms with van der Waals surface area (Å²) in [6.07, 6.45) is 1.32. The van der Waals surface area contributed by atoms with Crippen molar-refractivity contribution in [3.05, 3.63) is 71.3 Å². The summed E-state index contributed by atoms with van der Waals surface area (Å²) in [7, 11) is 0. The second kappa shape index (κ2) is 11.9. The number of alkyl halides is 3. The summed E-state index contributed by atoms with van der Waals surface area (Å²) in [6.45, 7) is 6.85. The lowest BCUT2D eigenvalue weighted by Crippen LogP contribution is -2.32. The predicted molar refractivity (Wildman–Crippen MR) is 154 cm³/mol. The fraction of sp³-hybridized carbons (Fsp3) is 0.433. The third kappa shape index (κ3) is 6.02. The minimum Gasteiger partial charge on any atom is -0.475 e. The molecule has 0 bridgehead atoms. The molecule has 0 aliphatic heterocycles. The Balaban J connectivity index is 1.69. The number of rotatable bonds is 11. The third-order valence-corrected chi connectivity index (χ3v) is 7.92. The summed E-state index contributed by atoms with van der Waals surface area (Å²) in [6, 6.07) is 10.5. The van der Waals surface area contributed by atoms with Crippen molar-refractivity contribution in [2.45, 2.75) is 71.3 Å². The van der Waals surface area contributed by atoms with Crippen LogP contribution in [0.4, 0.5) is 24.9 Å². The standard InChI is InChI=1S/C30H34F3N7O2/c1-4-16-39(19(3)23-10-5-6-15-34-23)29-38-26-24(40(29)17-20-11-13-22(14-12-20)30(31,32)33)25(36-27(37-26)28(41)42)35-18(2)21-8-7-9-21/h5-6,10-15,18-19,21H,4,7-9,16-17H2,1-3H3,(H,41,42)(H,35,36,37). The number of nitrogens with zero attached hydrogens (tertiary/aromatic N) is 6. The van der Waals surface area contributed by atoms with Crippen molar-refractivity contribution in [1.29, 1.82) is 0 Å². The van der Waals surface area contributed by atoms with Crippen LogP contribution in [-0.2, 0) is 12.7 Å². The summed E-state index contributed by atoms with van der Waals surface area (Å²) < 4.78 is 41.7. The van der Waals surface area contributed by atoms with E-state index in [1.54, 1.807) is 6.20 Å². The monoisotopic (exact) mass is 581 g/mol. The zero-order valence-electron chi connectivity index (χ0n) is 23.8. The maximum absolute atomic E-state index is 13.3. The first-order valence-electron chi connectivity index (χ1n) is 14.2. The number of benzene rings is 1. The average Bonchev–Trinajstić information content (AvgIpc) is 3.28. The highest BCUT2D eigenvalue weighted by molar-refractivity contribution is 5.91. The summed E-state index contributed by atoms with van der Waals surface area (Å²) in [5.74, 6) is -0.390. The lowest BCUT2D eigenvalue weighted by molar-refractivity contribution is -0.137. The number of carboxylic acid groups (broad SMARTS) is 1. The van der Waals surface area contributed by atoms with Crippen molar-refractivity contribution < 1.29 is 23.1 Å². The van der Waals surface area contributed by atoms with Crippen molar-refractivity contribution in [3.63, 3.8) is 0 Å². The molecule has 0 saturated heterocycles. The highest BCUT2D eigenvalue weighted by Crippen LogP contribution is 2.36. The number of fused-ring (bicyclic) bond motifs is 1. The van der Waals surface area contributed by atoms with Gasteiger partial charge in [0.05, 0.1) is 23.8 Å². The van der Waals surface area contributed by atoms with E-state index in [1.165, 1.54) is 12.1 Å². The topological polar surface area (TPSA) is 109 Å². The van der Waals surface area contributed by atoms with E-state index in [2.05, 4.69) is 25.2 Å². The third-order valence-electron chi connectivity index (χ3n) is 7.92. The van der Waals surface area contributed by atoms with Crippen molar-refractivity contribution in [2.24, 2.45) is 5.92 Å². The zero-order valence-corrected chi connectivity index (χ0v) is 23.8. The van der Waals surface area contributed by atoms with E-state index in [-0.39, 0.29) is 30.1 Å². The molecule has 12 heteroatoms. The number of aromatic carboxylic acids is 1. The van der Waals surface area contributed by atoms with Crippen molar-refractivity contribution >= 4 is 28.9 Å². The van der Waals surface area contributed by atoms with Crippen LogP contribution in [-0.4, -0.2) is 48.2 Å². The van der Waals surface area contributed by atoms with Gasteiger partial charge in [0, 0.05) is 18.8 Å². The maximum Gasteiger partial charge on any atom is 0.416 e. The van der Waals surface area contributed by atoms with Crippen LogP contribution in [0.3, 0.4) is 0 Å². The van der Waals surface area contributed by atoms with Gasteiger partial charge in [-0.25, -0.2) is 14.8 Å². The second-order valence-corrected chi connectivity index (χ2v) is 10.8. The molecule has 1 aliphatic rings. The molecule has 4 aromatic rings. The van der Waals surface area contributed by atoms with Crippen LogP contribution < -0.4 is 10.2 Å². The van der Waals surface area contributed by atoms with Crippen LogP contribution in [0.15, 0.2) is 48.7 Å². The van der Waals surface area contributed by atoms with Gasteiger partial charge in [-0.3, -0.25) is 4.98 Å². The van der Waals surface area contributed by atoms with Gasteiger partial charge in [-0.1, -0.05) is 31.5 Å². The minimum atomic E-state index is -4.45. The van der Waals surface area contributed by atoms with E-state index in [0.29, 0.717) is 35.3 Å². The molecular weight excluding hydrogens is 547 g/mol. The van der Waals surface area contributed by atoms with Gasteiger partial charge < -0.3 is 19.9 Å². The van der Waals surface area contributed by atoms with Crippen molar-refractivity contribution in [2.75, 3.05) is 16.8 Å². The fourth-order valence-corrected chi connectivity index (χ4v) is 5.34. The van der Waals surface area contributed by atoms with Gasteiger partial charge in [0.1, 0.15) is 5.52 Å². The molecule has 2 unspecified atom stereocenters. The number of pyridine rings is 1. The Hall–Kier alpha value is -4.22. The Labute approximate surface area is 241 Å². The molecule has 3 aromatic heterocycles. The molecule has 2 atom stereocenters. The first-order valence-corrected chi connectivity index (χ1v) is 14.2. The number of nitrogens with one attached hydrogen (secondary N) is 1. The number of imidazole rings is 1. The van der Waals surface area contributed by atoms with Crippen LogP contribution >= 0.6 is 0 Å². The predicted octanol–water partition coefficient (Wildman–Crippen LogP) is 6.56. The highest BCUT2D eigenvalue weighted by atomic mass is 19.4. The number of hydrogen-bond acceptors (Lipinski definition) is 7.